The van der Waals surface area contributed by atoms with E-state index in [1.54, 1.807) is 0 Å². The molecule has 0 radical (unpaired) electrons. The number of anilines is 1. The van der Waals surface area contributed by atoms with E-state index in [1.165, 1.54) is 4.68 Å². The van der Waals surface area contributed by atoms with Gasteiger partial charge in [0.25, 0.3) is 5.88 Å². The highest BCUT2D eigenvalue weighted by Gasteiger charge is 2.17. The maximum Gasteiger partial charge on any atom is 0.253 e. The van der Waals surface area contributed by atoms with Crippen LogP contribution < -0.4 is 10.5 Å². The summed E-state index contributed by atoms with van der Waals surface area (Å²) in [4.78, 5) is 0. The molecule has 7 heteroatoms. The van der Waals surface area contributed by atoms with Gasteiger partial charge in [-0.15, -0.1) is 5.10 Å². The van der Waals surface area contributed by atoms with E-state index in [2.05, 4.69) is 21.0 Å². The van der Waals surface area contributed by atoms with Gasteiger partial charge in [0, 0.05) is 4.47 Å². The number of aliphatic hydroxyl groups is 1. The highest BCUT2D eigenvalue weighted by Crippen LogP contribution is 2.26. The van der Waals surface area contributed by atoms with Crippen molar-refractivity contribution >= 4 is 21.7 Å². The van der Waals surface area contributed by atoms with Crippen molar-refractivity contribution in [1.29, 1.82) is 5.26 Å². The molecule has 0 aliphatic heterocycles. The predicted octanol–water partition coefficient (Wildman–Crippen LogP) is 1.46. The van der Waals surface area contributed by atoms with Gasteiger partial charge in [-0.1, -0.05) is 15.9 Å². The van der Waals surface area contributed by atoms with Crippen molar-refractivity contribution in [3.8, 4) is 17.6 Å². The van der Waals surface area contributed by atoms with Gasteiger partial charge in [0.05, 0.1) is 12.3 Å². The summed E-state index contributed by atoms with van der Waals surface area (Å²) in [6.07, 6.45) is 0. The van der Waals surface area contributed by atoms with Crippen LogP contribution in [0.1, 0.15) is 5.56 Å². The van der Waals surface area contributed by atoms with Crippen LogP contribution in [0.4, 0.5) is 5.82 Å². The number of aliphatic hydroxyl groups excluding tert-OH is 1. The molecule has 0 saturated carbocycles. The normalized spacial score (nSPS) is 10.2. The number of halogens is 1. The number of nitrogen functional groups attached to an aromatic ring is 1. The van der Waals surface area contributed by atoms with Crippen molar-refractivity contribution in [3.63, 3.8) is 0 Å². The summed E-state index contributed by atoms with van der Waals surface area (Å²) in [5.74, 6) is 0.328. The summed E-state index contributed by atoms with van der Waals surface area (Å²) in [7, 11) is 0. The Balaban J connectivity index is 2.44. The molecule has 1 heterocycles. The summed E-state index contributed by atoms with van der Waals surface area (Å²) in [6, 6.07) is 9.26. The van der Waals surface area contributed by atoms with Crippen LogP contribution in [0.2, 0.25) is 0 Å². The third-order valence-electron chi connectivity index (χ3n) is 2.40. The fraction of sp³-hybridized carbons (Fsp3) is 0.167. The fourth-order valence-electron chi connectivity index (χ4n) is 1.54. The molecule has 2 aromatic rings. The average Bonchev–Trinajstić information content (AvgIpc) is 2.73. The SMILES string of the molecule is N#Cc1c(OCCO)nn(-c2ccc(Br)cc2)c1N. The van der Waals surface area contributed by atoms with Crippen LogP contribution in [0.15, 0.2) is 28.7 Å². The highest BCUT2D eigenvalue weighted by molar-refractivity contribution is 9.10. The minimum absolute atomic E-state index is 0.0610. The molecular weight excluding hydrogens is 312 g/mol. The van der Waals surface area contributed by atoms with Crippen molar-refractivity contribution in [2.24, 2.45) is 0 Å². The Bertz CT molecular complexity index is 616. The molecule has 19 heavy (non-hydrogen) atoms. The number of hydrogen-bond acceptors (Lipinski definition) is 5. The molecule has 0 spiro atoms. The van der Waals surface area contributed by atoms with Gasteiger partial charge in [-0.2, -0.15) is 5.26 Å². The second-order valence-corrected chi connectivity index (χ2v) is 4.55. The van der Waals surface area contributed by atoms with Crippen molar-refractivity contribution in [2.45, 2.75) is 0 Å². The first-order chi connectivity index (χ1) is 9.17. The molecule has 0 unspecified atom stereocenters. The van der Waals surface area contributed by atoms with Crippen molar-refractivity contribution in [2.75, 3.05) is 18.9 Å². The second-order valence-electron chi connectivity index (χ2n) is 3.64. The Hall–Kier alpha value is -2.04. The van der Waals surface area contributed by atoms with Gasteiger partial charge >= 0.3 is 0 Å². The summed E-state index contributed by atoms with van der Waals surface area (Å²) >= 11 is 3.34. The van der Waals surface area contributed by atoms with Crippen molar-refractivity contribution < 1.29 is 9.84 Å². The third kappa shape index (κ3) is 2.70. The maximum absolute atomic E-state index is 9.07. The van der Waals surface area contributed by atoms with E-state index in [1.807, 2.05) is 30.3 Å². The van der Waals surface area contributed by atoms with E-state index in [9.17, 15) is 0 Å². The van der Waals surface area contributed by atoms with E-state index in [4.69, 9.17) is 20.8 Å². The molecular formula is C12H11BrN4O2. The number of rotatable bonds is 4. The standard InChI is InChI=1S/C12H11BrN4O2/c13-8-1-3-9(4-2-8)17-11(15)10(7-14)12(16-17)19-6-5-18/h1-4,18H,5-6,15H2. The number of ether oxygens (including phenoxy) is 1. The van der Waals surface area contributed by atoms with Crippen LogP contribution in [0.25, 0.3) is 5.69 Å². The molecule has 0 fully saturated rings. The second kappa shape index (κ2) is 5.73. The zero-order chi connectivity index (χ0) is 13.8. The number of nitrogens with two attached hydrogens (primary N) is 1. The Morgan fingerprint density at radius 2 is 2.11 bits per heavy atom. The Labute approximate surface area is 118 Å². The first-order valence-electron chi connectivity index (χ1n) is 5.45. The van der Waals surface area contributed by atoms with E-state index >= 15 is 0 Å². The van der Waals surface area contributed by atoms with Crippen LogP contribution in [-0.2, 0) is 0 Å². The Morgan fingerprint density at radius 3 is 2.68 bits per heavy atom. The molecule has 0 amide bonds. The minimum atomic E-state index is -0.157. The summed E-state index contributed by atoms with van der Waals surface area (Å²) < 4.78 is 7.55. The van der Waals surface area contributed by atoms with Crippen molar-refractivity contribution in [3.05, 3.63) is 34.3 Å². The van der Waals surface area contributed by atoms with E-state index < -0.39 is 0 Å². The lowest BCUT2D eigenvalue weighted by atomic mass is 10.3. The van der Waals surface area contributed by atoms with E-state index in [0.717, 1.165) is 10.2 Å². The van der Waals surface area contributed by atoms with Gasteiger partial charge in [0.1, 0.15) is 18.5 Å². The minimum Gasteiger partial charge on any atom is -0.473 e. The van der Waals surface area contributed by atoms with Gasteiger partial charge in [0.15, 0.2) is 5.56 Å². The van der Waals surface area contributed by atoms with Crippen LogP contribution in [-0.4, -0.2) is 28.1 Å². The molecule has 0 aliphatic carbocycles. The van der Waals surface area contributed by atoms with Crippen LogP contribution in [0, 0.1) is 11.3 Å². The predicted molar refractivity (Wildman–Crippen MR) is 73.0 cm³/mol. The number of benzene rings is 1. The summed E-state index contributed by atoms with van der Waals surface area (Å²) in [5, 5.41) is 21.9. The lowest BCUT2D eigenvalue weighted by Crippen LogP contribution is -2.04. The average molecular weight is 323 g/mol. The number of nitriles is 1. The summed E-state index contributed by atoms with van der Waals surface area (Å²) in [6.45, 7) is -0.0958. The lowest BCUT2D eigenvalue weighted by molar-refractivity contribution is 0.196. The molecule has 2 rings (SSSR count). The smallest absolute Gasteiger partial charge is 0.253 e. The number of aromatic nitrogens is 2. The van der Waals surface area contributed by atoms with Gasteiger partial charge in [-0.3, -0.25) is 0 Å². The lowest BCUT2D eigenvalue weighted by Gasteiger charge is -2.03. The number of hydrogen-bond donors (Lipinski definition) is 2. The Kier molecular flexibility index (Phi) is 4.04. The zero-order valence-electron chi connectivity index (χ0n) is 9.88. The first kappa shape index (κ1) is 13.4. The van der Waals surface area contributed by atoms with Gasteiger partial charge in [-0.25, -0.2) is 4.68 Å². The molecule has 3 N–H and O–H groups in total. The molecule has 0 atom stereocenters. The first-order valence-corrected chi connectivity index (χ1v) is 6.25. The van der Waals surface area contributed by atoms with Gasteiger partial charge in [0.2, 0.25) is 0 Å². The largest absolute Gasteiger partial charge is 0.473 e. The molecule has 0 aliphatic rings. The van der Waals surface area contributed by atoms with Gasteiger partial charge in [-0.05, 0) is 24.3 Å². The molecule has 0 bridgehead atoms. The molecule has 6 nitrogen and oxygen atoms in total. The zero-order valence-corrected chi connectivity index (χ0v) is 11.5. The highest BCUT2D eigenvalue weighted by atomic mass is 79.9. The maximum atomic E-state index is 9.07. The number of nitrogens with zero attached hydrogens (tertiary/aromatic N) is 3. The van der Waals surface area contributed by atoms with Crippen LogP contribution in [0.5, 0.6) is 5.88 Å². The third-order valence-corrected chi connectivity index (χ3v) is 2.93. The van der Waals surface area contributed by atoms with Crippen LogP contribution in [0.3, 0.4) is 0 Å². The van der Waals surface area contributed by atoms with Gasteiger partial charge < -0.3 is 15.6 Å². The molecule has 1 aromatic heterocycles. The molecule has 98 valence electrons. The van der Waals surface area contributed by atoms with Crippen molar-refractivity contribution in [1.82, 2.24) is 9.78 Å². The van der Waals surface area contributed by atoms with Crippen LogP contribution >= 0.6 is 15.9 Å². The van der Waals surface area contributed by atoms with E-state index in [0.29, 0.717) is 0 Å². The quantitative estimate of drug-likeness (QED) is 0.888. The monoisotopic (exact) mass is 322 g/mol. The van der Waals surface area contributed by atoms with E-state index in [-0.39, 0.29) is 30.5 Å². The Morgan fingerprint density at radius 1 is 1.42 bits per heavy atom. The molecule has 0 saturated heterocycles. The fourth-order valence-corrected chi connectivity index (χ4v) is 1.80. The summed E-state index contributed by atoms with van der Waals surface area (Å²) in [5.41, 5.74) is 6.76. The molecule has 1 aromatic carbocycles. The topological polar surface area (TPSA) is 97.1 Å².